The van der Waals surface area contributed by atoms with Crippen LogP contribution in [0, 0.1) is 13.8 Å². The van der Waals surface area contributed by atoms with Gasteiger partial charge in [0.15, 0.2) is 0 Å². The van der Waals surface area contributed by atoms with Crippen LogP contribution in [0.1, 0.15) is 21.5 Å². The average Bonchev–Trinajstić information content (AvgIpc) is 3.25. The summed E-state index contributed by atoms with van der Waals surface area (Å²) in [6.07, 6.45) is 6.74. The molecule has 0 saturated heterocycles. The monoisotopic (exact) mass is 331 g/mol. The van der Waals surface area contributed by atoms with Crippen molar-refractivity contribution in [3.63, 3.8) is 0 Å². The summed E-state index contributed by atoms with van der Waals surface area (Å²) in [6.45, 7) is 4.01. The van der Waals surface area contributed by atoms with E-state index in [-0.39, 0.29) is 5.91 Å². The summed E-state index contributed by atoms with van der Waals surface area (Å²) in [7, 11) is 0. The molecule has 5 nitrogen and oxygen atoms in total. The first-order valence-corrected chi connectivity index (χ1v) is 8.00. The van der Waals surface area contributed by atoms with Crippen LogP contribution in [0.5, 0.6) is 0 Å². The van der Waals surface area contributed by atoms with Gasteiger partial charge in [0, 0.05) is 34.6 Å². The van der Waals surface area contributed by atoms with Gasteiger partial charge in [-0.25, -0.2) is 4.98 Å². The van der Waals surface area contributed by atoms with Gasteiger partial charge in [0.25, 0.3) is 5.91 Å². The summed E-state index contributed by atoms with van der Waals surface area (Å²) in [5.74, 6) is -0.180. The van der Waals surface area contributed by atoms with Crippen molar-refractivity contribution in [2.24, 2.45) is 0 Å². The first-order chi connectivity index (χ1) is 12.1. The zero-order valence-corrected chi connectivity index (χ0v) is 14.0. The maximum Gasteiger partial charge on any atom is 0.257 e. The van der Waals surface area contributed by atoms with Crippen molar-refractivity contribution in [1.29, 1.82) is 0 Å². The molecule has 0 aliphatic rings. The number of carbonyl (C=O) groups excluding carboxylic acids is 1. The highest BCUT2D eigenvalue weighted by molar-refractivity contribution is 6.07. The third-order valence-corrected chi connectivity index (χ3v) is 4.26. The highest BCUT2D eigenvalue weighted by atomic mass is 16.3. The third kappa shape index (κ3) is 2.80. The Morgan fingerprint density at radius 3 is 2.84 bits per heavy atom. The lowest BCUT2D eigenvalue weighted by Gasteiger charge is -2.09. The van der Waals surface area contributed by atoms with Crippen LogP contribution in [0.4, 0.5) is 5.69 Å². The fraction of sp³-hybridized carbons (Fsp3) is 0.100. The van der Waals surface area contributed by atoms with E-state index in [4.69, 9.17) is 4.42 Å². The molecule has 0 spiro atoms. The molecule has 3 aromatic heterocycles. The zero-order valence-electron chi connectivity index (χ0n) is 14.0. The first kappa shape index (κ1) is 15.2. The number of pyridine rings is 1. The molecule has 5 heteroatoms. The minimum atomic E-state index is -0.180. The van der Waals surface area contributed by atoms with Gasteiger partial charge in [-0.15, -0.1) is 0 Å². The molecule has 2 N–H and O–H groups in total. The highest BCUT2D eigenvalue weighted by Gasteiger charge is 2.13. The van der Waals surface area contributed by atoms with Gasteiger partial charge in [0.1, 0.15) is 5.65 Å². The van der Waals surface area contributed by atoms with E-state index in [2.05, 4.69) is 15.3 Å². The number of furan rings is 1. The van der Waals surface area contributed by atoms with E-state index in [0.29, 0.717) is 5.56 Å². The smallest absolute Gasteiger partial charge is 0.257 e. The minimum Gasteiger partial charge on any atom is -0.472 e. The normalized spacial score (nSPS) is 11.0. The molecule has 0 aliphatic carbocycles. The Bertz CT molecular complexity index is 1060. The predicted octanol–water partition coefficient (Wildman–Crippen LogP) is 4.69. The quantitative estimate of drug-likeness (QED) is 0.572. The molecule has 25 heavy (non-hydrogen) atoms. The SMILES string of the molecule is Cc1ccc(NC(=O)c2cnc3[nH]cc(-c4ccoc4)c3c2)c(C)c1. The topological polar surface area (TPSA) is 70.9 Å². The summed E-state index contributed by atoms with van der Waals surface area (Å²) >= 11 is 0. The number of aromatic nitrogens is 2. The Morgan fingerprint density at radius 2 is 2.08 bits per heavy atom. The number of anilines is 1. The third-order valence-electron chi connectivity index (χ3n) is 4.26. The van der Waals surface area contributed by atoms with Gasteiger partial charge in [0.2, 0.25) is 0 Å². The van der Waals surface area contributed by atoms with Gasteiger partial charge in [-0.3, -0.25) is 4.79 Å². The molecule has 4 rings (SSSR count). The van der Waals surface area contributed by atoms with E-state index in [0.717, 1.165) is 39.0 Å². The van der Waals surface area contributed by atoms with Crippen LogP contribution >= 0.6 is 0 Å². The fourth-order valence-electron chi connectivity index (χ4n) is 2.93. The molecule has 124 valence electrons. The van der Waals surface area contributed by atoms with Gasteiger partial charge in [0.05, 0.1) is 18.1 Å². The van der Waals surface area contributed by atoms with Crippen molar-refractivity contribution >= 4 is 22.6 Å². The zero-order chi connectivity index (χ0) is 17.4. The summed E-state index contributed by atoms with van der Waals surface area (Å²) in [4.78, 5) is 20.1. The number of carbonyl (C=O) groups is 1. The molecular weight excluding hydrogens is 314 g/mol. The second-order valence-corrected chi connectivity index (χ2v) is 6.11. The van der Waals surface area contributed by atoms with Crippen LogP contribution in [0.25, 0.3) is 22.2 Å². The lowest BCUT2D eigenvalue weighted by molar-refractivity contribution is 0.102. The number of H-pyrrole nitrogens is 1. The van der Waals surface area contributed by atoms with Gasteiger partial charge in [-0.1, -0.05) is 17.7 Å². The van der Waals surface area contributed by atoms with E-state index >= 15 is 0 Å². The fourth-order valence-corrected chi connectivity index (χ4v) is 2.93. The van der Waals surface area contributed by atoms with Crippen LogP contribution in [-0.4, -0.2) is 15.9 Å². The lowest BCUT2D eigenvalue weighted by atomic mass is 10.1. The Labute approximate surface area is 144 Å². The highest BCUT2D eigenvalue weighted by Crippen LogP contribution is 2.28. The molecule has 0 fully saturated rings. The maximum absolute atomic E-state index is 12.6. The van der Waals surface area contributed by atoms with E-state index < -0.39 is 0 Å². The number of fused-ring (bicyclic) bond motifs is 1. The van der Waals surface area contributed by atoms with Crippen molar-refractivity contribution < 1.29 is 9.21 Å². The molecular formula is C20H17N3O2. The summed E-state index contributed by atoms with van der Waals surface area (Å²) < 4.78 is 5.15. The van der Waals surface area contributed by atoms with Gasteiger partial charge >= 0.3 is 0 Å². The number of nitrogens with zero attached hydrogens (tertiary/aromatic N) is 1. The number of hydrogen-bond donors (Lipinski definition) is 2. The van der Waals surface area contributed by atoms with Crippen LogP contribution in [0.15, 0.2) is 59.7 Å². The summed E-state index contributed by atoms with van der Waals surface area (Å²) in [5.41, 5.74) is 6.15. The molecule has 3 heterocycles. The number of benzene rings is 1. The number of hydrogen-bond acceptors (Lipinski definition) is 3. The van der Waals surface area contributed by atoms with Crippen molar-refractivity contribution in [3.05, 3.63) is 71.9 Å². The standard InChI is InChI=1S/C20H17N3O2/c1-12-3-4-18(13(2)7-12)23-20(24)15-8-16-17(14-5-6-25-11-14)10-22-19(16)21-9-15/h3-11H,1-2H3,(H,21,22)(H,23,24). The Morgan fingerprint density at radius 1 is 1.20 bits per heavy atom. The van der Waals surface area contributed by atoms with E-state index in [1.807, 2.05) is 50.4 Å². The van der Waals surface area contributed by atoms with Crippen LogP contribution in [0.3, 0.4) is 0 Å². The number of nitrogens with one attached hydrogen (secondary N) is 2. The van der Waals surface area contributed by atoms with Crippen molar-refractivity contribution in [1.82, 2.24) is 9.97 Å². The predicted molar refractivity (Wildman–Crippen MR) is 97.7 cm³/mol. The van der Waals surface area contributed by atoms with E-state index in [9.17, 15) is 4.79 Å². The second kappa shape index (κ2) is 5.94. The van der Waals surface area contributed by atoms with E-state index in [1.165, 1.54) is 0 Å². The Hall–Kier alpha value is -3.34. The maximum atomic E-state index is 12.6. The van der Waals surface area contributed by atoms with Gasteiger partial charge in [-0.05, 0) is 37.6 Å². The number of amides is 1. The van der Waals surface area contributed by atoms with Crippen LogP contribution in [0.2, 0.25) is 0 Å². The summed E-state index contributed by atoms with van der Waals surface area (Å²) in [6, 6.07) is 9.67. The van der Waals surface area contributed by atoms with Crippen LogP contribution < -0.4 is 5.32 Å². The number of aryl methyl sites for hydroxylation is 2. The second-order valence-electron chi connectivity index (χ2n) is 6.11. The largest absolute Gasteiger partial charge is 0.472 e. The molecule has 0 saturated carbocycles. The molecule has 0 aliphatic heterocycles. The summed E-state index contributed by atoms with van der Waals surface area (Å²) in [5, 5.41) is 3.84. The minimum absolute atomic E-state index is 0.180. The van der Waals surface area contributed by atoms with Crippen molar-refractivity contribution in [2.45, 2.75) is 13.8 Å². The van der Waals surface area contributed by atoms with Gasteiger partial charge in [-0.2, -0.15) is 0 Å². The Balaban J connectivity index is 1.69. The molecule has 4 aromatic rings. The van der Waals surface area contributed by atoms with Crippen molar-refractivity contribution in [3.8, 4) is 11.1 Å². The van der Waals surface area contributed by atoms with Crippen molar-refractivity contribution in [2.75, 3.05) is 5.32 Å². The molecule has 0 radical (unpaired) electrons. The molecule has 0 atom stereocenters. The van der Waals surface area contributed by atoms with Crippen LogP contribution in [-0.2, 0) is 0 Å². The average molecular weight is 331 g/mol. The lowest BCUT2D eigenvalue weighted by Crippen LogP contribution is -2.13. The number of rotatable bonds is 3. The molecule has 1 aromatic carbocycles. The van der Waals surface area contributed by atoms with Gasteiger partial charge < -0.3 is 14.7 Å². The number of aromatic amines is 1. The Kier molecular flexibility index (Phi) is 3.61. The van der Waals surface area contributed by atoms with E-state index in [1.54, 1.807) is 18.7 Å². The molecule has 1 amide bonds. The first-order valence-electron chi connectivity index (χ1n) is 8.00. The molecule has 0 unspecified atom stereocenters. The molecule has 0 bridgehead atoms.